The van der Waals surface area contributed by atoms with Crippen LogP contribution in [0.15, 0.2) is 24.3 Å². The molecule has 1 saturated heterocycles. The van der Waals surface area contributed by atoms with E-state index in [-0.39, 0.29) is 12.5 Å². The topological polar surface area (TPSA) is 66.8 Å². The zero-order valence-electron chi connectivity index (χ0n) is 18.1. The Kier molecular flexibility index (Phi) is 9.20. The van der Waals surface area contributed by atoms with Gasteiger partial charge in [-0.15, -0.1) is 23.2 Å². The van der Waals surface area contributed by atoms with Crippen molar-refractivity contribution in [3.63, 3.8) is 0 Å². The summed E-state index contributed by atoms with van der Waals surface area (Å²) in [5.74, 6) is 0.781. The molecule has 31 heavy (non-hydrogen) atoms. The van der Waals surface area contributed by atoms with Crippen molar-refractivity contribution in [1.29, 1.82) is 0 Å². The van der Waals surface area contributed by atoms with Crippen LogP contribution in [0, 0.1) is 17.8 Å². The molecule has 170 valence electrons. The van der Waals surface area contributed by atoms with Crippen LogP contribution in [0.5, 0.6) is 0 Å². The smallest absolute Gasteiger partial charge is 0.348 e. The highest BCUT2D eigenvalue weighted by atomic mass is 32.1. The Morgan fingerprint density at radius 2 is 2.19 bits per heavy atom. The fourth-order valence-corrected chi connectivity index (χ4v) is 4.28. The maximum Gasteiger partial charge on any atom is 0.348 e. The average Bonchev–Trinajstić information content (AvgIpc) is 3.29. The highest BCUT2D eigenvalue weighted by Gasteiger charge is 2.52. The lowest BCUT2D eigenvalue weighted by atomic mass is 9.99. The van der Waals surface area contributed by atoms with Crippen molar-refractivity contribution in [1.82, 2.24) is 4.90 Å². The van der Waals surface area contributed by atoms with Crippen LogP contribution >= 0.6 is 11.3 Å². The molecule has 1 aromatic heterocycles. The number of hydrogen-bond donors (Lipinski definition) is 1. The molecule has 1 aliphatic rings. The van der Waals surface area contributed by atoms with Gasteiger partial charge in [0.1, 0.15) is 4.88 Å². The quantitative estimate of drug-likeness (QED) is 0.348. The van der Waals surface area contributed by atoms with Crippen LogP contribution in [-0.4, -0.2) is 53.6 Å². The highest BCUT2D eigenvalue weighted by molar-refractivity contribution is 7.13. The summed E-state index contributed by atoms with van der Waals surface area (Å²) in [7, 11) is 1.31. The first-order valence-corrected chi connectivity index (χ1v) is 11.2. The molecule has 0 spiro atoms. The van der Waals surface area contributed by atoms with E-state index in [2.05, 4.69) is 16.6 Å². The summed E-state index contributed by atoms with van der Waals surface area (Å²) >= 11 is 1.29. The third-order valence-corrected chi connectivity index (χ3v) is 6.27. The fraction of sp³-hybridized carbons (Fsp3) is 0.565. The number of alkyl halides is 2. The second-order valence-corrected chi connectivity index (χ2v) is 8.77. The molecule has 0 aromatic carbocycles. The van der Waals surface area contributed by atoms with E-state index in [1.54, 1.807) is 12.1 Å². The van der Waals surface area contributed by atoms with Gasteiger partial charge in [-0.25, -0.2) is 4.79 Å². The molecule has 1 aliphatic heterocycles. The molecule has 2 unspecified atom stereocenters. The summed E-state index contributed by atoms with van der Waals surface area (Å²) in [6.45, 7) is 3.95. The van der Waals surface area contributed by atoms with Crippen LogP contribution in [0.4, 0.5) is 8.78 Å². The molecule has 0 aliphatic carbocycles. The molecule has 1 aromatic rings. The van der Waals surface area contributed by atoms with Crippen molar-refractivity contribution >= 4 is 23.2 Å². The van der Waals surface area contributed by atoms with Crippen molar-refractivity contribution in [3.05, 3.63) is 34.0 Å². The predicted octanol–water partition coefficient (Wildman–Crippen LogP) is 4.06. The van der Waals surface area contributed by atoms with Crippen LogP contribution in [0.1, 0.15) is 54.1 Å². The number of halogens is 2. The number of methoxy groups -OCH3 is 1. The number of carbonyl (C=O) groups excluding carboxylic acids is 2. The number of thiophene rings is 1. The minimum atomic E-state index is -3.40. The molecular weight excluding hydrogens is 424 g/mol. The Morgan fingerprint density at radius 1 is 1.45 bits per heavy atom. The number of nitrogens with zero attached hydrogens (tertiary/aromatic N) is 1. The van der Waals surface area contributed by atoms with Gasteiger partial charge < -0.3 is 14.7 Å². The first kappa shape index (κ1) is 25.0. The van der Waals surface area contributed by atoms with E-state index in [0.29, 0.717) is 24.1 Å². The normalized spacial score (nSPS) is 19.9. The summed E-state index contributed by atoms with van der Waals surface area (Å²) in [5.41, 5.74) is 0. The number of amides is 1. The molecular formula is C23H29F2NO4S. The van der Waals surface area contributed by atoms with E-state index < -0.39 is 36.4 Å². The summed E-state index contributed by atoms with van der Waals surface area (Å²) in [6.07, 6.45) is 3.88. The van der Waals surface area contributed by atoms with E-state index in [1.807, 2.05) is 13.8 Å². The van der Waals surface area contributed by atoms with Crippen molar-refractivity contribution in [2.24, 2.45) is 5.92 Å². The lowest BCUT2D eigenvalue weighted by molar-refractivity contribution is -0.148. The highest BCUT2D eigenvalue weighted by Crippen LogP contribution is 2.34. The van der Waals surface area contributed by atoms with E-state index >= 15 is 0 Å². The van der Waals surface area contributed by atoms with Gasteiger partial charge in [-0.2, -0.15) is 8.78 Å². The van der Waals surface area contributed by atoms with Crippen molar-refractivity contribution in [2.75, 3.05) is 13.7 Å². The molecule has 3 atom stereocenters. The van der Waals surface area contributed by atoms with Gasteiger partial charge in [-0.3, -0.25) is 4.79 Å². The minimum Gasteiger partial charge on any atom is -0.465 e. The number of aryl methyl sites for hydroxylation is 1. The maximum atomic E-state index is 14.1. The van der Waals surface area contributed by atoms with Crippen LogP contribution in [0.25, 0.3) is 0 Å². The molecule has 0 saturated carbocycles. The van der Waals surface area contributed by atoms with E-state index in [0.717, 1.165) is 11.3 Å². The number of rotatable bonds is 9. The van der Waals surface area contributed by atoms with Gasteiger partial charge in [-0.1, -0.05) is 26.0 Å². The fourth-order valence-electron chi connectivity index (χ4n) is 3.32. The number of aliphatic hydroxyl groups is 1. The van der Waals surface area contributed by atoms with Crippen LogP contribution in [-0.2, 0) is 16.0 Å². The summed E-state index contributed by atoms with van der Waals surface area (Å²) < 4.78 is 32.8. The van der Waals surface area contributed by atoms with E-state index in [1.165, 1.54) is 35.5 Å². The molecule has 0 bridgehead atoms. The van der Waals surface area contributed by atoms with Crippen molar-refractivity contribution in [3.8, 4) is 11.8 Å². The third-order valence-electron chi connectivity index (χ3n) is 5.15. The molecule has 1 fully saturated rings. The Labute approximate surface area is 186 Å². The molecule has 8 heteroatoms. The second-order valence-electron chi connectivity index (χ2n) is 7.60. The molecule has 2 rings (SSSR count). The summed E-state index contributed by atoms with van der Waals surface area (Å²) in [4.78, 5) is 26.3. The van der Waals surface area contributed by atoms with Gasteiger partial charge in [0.15, 0.2) is 0 Å². The molecule has 0 radical (unpaired) electrons. The first-order chi connectivity index (χ1) is 14.7. The summed E-state index contributed by atoms with van der Waals surface area (Å²) in [5, 5.41) is 10.3. The third kappa shape index (κ3) is 6.88. The van der Waals surface area contributed by atoms with Crippen molar-refractivity contribution < 1.29 is 28.2 Å². The van der Waals surface area contributed by atoms with Crippen LogP contribution in [0.3, 0.4) is 0 Å². The monoisotopic (exact) mass is 453 g/mol. The van der Waals surface area contributed by atoms with Gasteiger partial charge in [-0.05, 0) is 30.9 Å². The van der Waals surface area contributed by atoms with Gasteiger partial charge in [0.05, 0.1) is 19.3 Å². The lowest BCUT2D eigenvalue weighted by Gasteiger charge is -2.22. The second kappa shape index (κ2) is 11.4. The standard InChI is InChI=1S/C23H29F2NO4S/c1-4-5-6-8-16(2)19(27)12-10-17-15-23(24,25)22(29)26(17)14-7-9-18-11-13-20(31-18)21(28)30-3/h10-13,16-17,19,27H,4,7-9,14-15H2,1-3H3/t16?,17-,19?/m0/s1. The van der Waals surface area contributed by atoms with E-state index in [9.17, 15) is 23.5 Å². The predicted molar refractivity (Wildman–Crippen MR) is 116 cm³/mol. The maximum absolute atomic E-state index is 14.1. The number of carbonyl (C=O) groups is 2. The van der Waals surface area contributed by atoms with Gasteiger partial charge in [0.2, 0.25) is 0 Å². The lowest BCUT2D eigenvalue weighted by Crippen LogP contribution is -2.36. The van der Waals surface area contributed by atoms with Crippen LogP contribution < -0.4 is 0 Å². The Morgan fingerprint density at radius 3 is 2.87 bits per heavy atom. The summed E-state index contributed by atoms with van der Waals surface area (Å²) in [6, 6.07) is 2.70. The number of likely N-dealkylation sites (tertiary alicyclic amines) is 1. The first-order valence-electron chi connectivity index (χ1n) is 10.4. The molecule has 1 N–H and O–H groups in total. The Bertz CT molecular complexity index is 855. The van der Waals surface area contributed by atoms with Crippen LogP contribution in [0.2, 0.25) is 0 Å². The Balaban J connectivity index is 1.96. The number of esters is 1. The van der Waals surface area contributed by atoms with Gasteiger partial charge in [0.25, 0.3) is 5.91 Å². The number of ether oxygens (including phenoxy) is 1. The van der Waals surface area contributed by atoms with Gasteiger partial charge in [0, 0.05) is 30.7 Å². The Hall–Kier alpha value is -2.24. The largest absolute Gasteiger partial charge is 0.465 e. The number of aliphatic hydroxyl groups excluding tert-OH is 1. The zero-order valence-corrected chi connectivity index (χ0v) is 18.9. The number of hydrogen-bond acceptors (Lipinski definition) is 5. The van der Waals surface area contributed by atoms with Crippen molar-refractivity contribution in [2.45, 2.75) is 64.0 Å². The molecule has 2 heterocycles. The molecule has 1 amide bonds. The molecule has 5 nitrogen and oxygen atoms in total. The zero-order chi connectivity index (χ0) is 23.0. The van der Waals surface area contributed by atoms with Gasteiger partial charge >= 0.3 is 11.9 Å². The average molecular weight is 454 g/mol. The SMILES string of the molecule is CCC#CCC(C)C(O)C=C[C@H]1CC(F)(F)C(=O)N1CCCc1ccc(C(=O)OC)s1. The van der Waals surface area contributed by atoms with E-state index in [4.69, 9.17) is 0 Å². The minimum absolute atomic E-state index is 0.135.